The second-order valence-corrected chi connectivity index (χ2v) is 20.8. The second kappa shape index (κ2) is 17.3. The Labute approximate surface area is 405 Å². The first-order chi connectivity index (χ1) is 32.4. The Morgan fingerprint density at radius 1 is 0.721 bits per heavy atom. The Morgan fingerprint density at radius 3 is 1.85 bits per heavy atom. The number of aryl methyl sites for hydroxylation is 4. The molecule has 19 heteroatoms. The highest BCUT2D eigenvalue weighted by Crippen LogP contribution is 2.43. The molecule has 8 heterocycles. The van der Waals surface area contributed by atoms with Gasteiger partial charge in [0.15, 0.2) is 11.6 Å². The second-order valence-electron chi connectivity index (χ2n) is 19.5. The van der Waals surface area contributed by atoms with E-state index in [2.05, 4.69) is 79.3 Å². The summed E-state index contributed by atoms with van der Waals surface area (Å²) in [7, 11) is 0. The first kappa shape index (κ1) is 45.5. The Balaban J connectivity index is 0.000000126. The van der Waals surface area contributed by atoms with Crippen molar-refractivity contribution in [2.24, 2.45) is 0 Å². The third kappa shape index (κ3) is 9.30. The SMILES string of the molecule is CC(C)(C)OC(=O)N1CCNCC12CC2.Cc1cn2nc(-c3nc4ccc(I)cc4c(=O)[nH]3)cc2c(C)n1.Cc1cn2nc(-c3nc4ccc(N5CCNC6(CC6)C5)cc4c(=O)[nH]3)cc2c(C)n1. The van der Waals surface area contributed by atoms with Gasteiger partial charge in [-0.1, -0.05) is 0 Å². The normalized spacial score (nSPS) is 17.1. The zero-order valence-electron chi connectivity index (χ0n) is 39.3. The molecule has 8 aromatic rings. The number of ether oxygens (including phenoxy) is 1. The van der Waals surface area contributed by atoms with Crippen LogP contribution in [-0.2, 0) is 4.74 Å². The lowest BCUT2D eigenvalue weighted by atomic mass is 10.1. The average molecular weight is 1030 g/mol. The van der Waals surface area contributed by atoms with E-state index in [0.29, 0.717) is 44.8 Å². The van der Waals surface area contributed by atoms with Crippen molar-refractivity contribution >= 4 is 67.2 Å². The maximum absolute atomic E-state index is 12.9. The number of fused-ring (bicyclic) bond motifs is 4. The van der Waals surface area contributed by atoms with E-state index in [0.717, 1.165) is 95.2 Å². The van der Waals surface area contributed by atoms with E-state index in [9.17, 15) is 14.4 Å². The number of carbonyl (C=O) groups excluding carboxylic acids is 1. The topological polar surface area (TPSA) is 209 Å². The van der Waals surface area contributed by atoms with E-state index < -0.39 is 5.60 Å². The van der Waals surface area contributed by atoms with Crippen LogP contribution in [0.4, 0.5) is 10.5 Å². The van der Waals surface area contributed by atoms with Crippen LogP contribution in [-0.4, -0.2) is 116 Å². The molecule has 4 fully saturated rings. The highest BCUT2D eigenvalue weighted by molar-refractivity contribution is 14.1. The number of H-pyrrole nitrogens is 2. The fourth-order valence-corrected chi connectivity index (χ4v) is 9.68. The molecule has 2 saturated heterocycles. The van der Waals surface area contributed by atoms with Gasteiger partial charge in [0.05, 0.1) is 73.5 Å². The molecule has 0 bridgehead atoms. The number of nitrogens with zero attached hydrogens (tertiary/aromatic N) is 10. The Bertz CT molecular complexity index is 3400. The van der Waals surface area contributed by atoms with Crippen LogP contribution in [0.25, 0.3) is 55.9 Å². The molecule has 18 nitrogen and oxygen atoms in total. The smallest absolute Gasteiger partial charge is 0.410 e. The van der Waals surface area contributed by atoms with Gasteiger partial charge in [-0.2, -0.15) is 10.2 Å². The molecule has 2 aliphatic carbocycles. The third-order valence-corrected chi connectivity index (χ3v) is 13.6. The predicted octanol–water partition coefficient (Wildman–Crippen LogP) is 6.41. The number of piperazine rings is 2. The van der Waals surface area contributed by atoms with Gasteiger partial charge in [-0.3, -0.25) is 24.5 Å². The van der Waals surface area contributed by atoms with E-state index in [-0.39, 0.29) is 28.3 Å². The van der Waals surface area contributed by atoms with E-state index in [1.54, 1.807) is 9.03 Å². The molecule has 2 aromatic carbocycles. The lowest BCUT2D eigenvalue weighted by molar-refractivity contribution is 0.00842. The number of halogens is 1. The average Bonchev–Trinajstić information content (AvgIpc) is 4.11. The molecule has 352 valence electrons. The summed E-state index contributed by atoms with van der Waals surface area (Å²) in [4.78, 5) is 65.4. The minimum atomic E-state index is -0.391. The van der Waals surface area contributed by atoms with Crippen molar-refractivity contribution in [3.63, 3.8) is 0 Å². The maximum atomic E-state index is 12.9. The Morgan fingerprint density at radius 2 is 1.29 bits per heavy atom. The van der Waals surface area contributed by atoms with Gasteiger partial charge in [0.1, 0.15) is 17.0 Å². The molecule has 0 unspecified atom stereocenters. The van der Waals surface area contributed by atoms with Gasteiger partial charge in [-0.25, -0.2) is 23.8 Å². The van der Waals surface area contributed by atoms with Gasteiger partial charge in [-0.15, -0.1) is 0 Å². The molecule has 2 spiro atoms. The van der Waals surface area contributed by atoms with Crippen LogP contribution in [0.5, 0.6) is 0 Å². The van der Waals surface area contributed by atoms with E-state index in [1.807, 2.05) is 108 Å². The lowest BCUT2D eigenvalue weighted by Gasteiger charge is -2.37. The van der Waals surface area contributed by atoms with Crippen molar-refractivity contribution in [3.05, 3.63) is 108 Å². The monoisotopic (exact) mass is 1030 g/mol. The number of rotatable bonds is 3. The zero-order chi connectivity index (χ0) is 47.7. The van der Waals surface area contributed by atoms with Crippen molar-refractivity contribution in [1.29, 1.82) is 0 Å². The van der Waals surface area contributed by atoms with E-state index in [4.69, 9.17) is 9.72 Å². The fraction of sp³-hybridized carbons (Fsp3) is 0.408. The molecule has 4 N–H and O–H groups in total. The number of nitrogens with one attached hydrogen (secondary N) is 4. The number of hydrogen-bond donors (Lipinski definition) is 4. The lowest BCUT2D eigenvalue weighted by Crippen LogP contribution is -2.56. The van der Waals surface area contributed by atoms with E-state index >= 15 is 0 Å². The van der Waals surface area contributed by atoms with Crippen LogP contribution in [0.15, 0.2) is 70.5 Å². The van der Waals surface area contributed by atoms with Crippen LogP contribution >= 0.6 is 22.6 Å². The van der Waals surface area contributed by atoms with Crippen LogP contribution in [0.2, 0.25) is 0 Å². The van der Waals surface area contributed by atoms with Gasteiger partial charge < -0.3 is 30.2 Å². The molecular weight excluding hydrogens is 976 g/mol. The van der Waals surface area contributed by atoms with Crippen LogP contribution < -0.4 is 26.7 Å². The van der Waals surface area contributed by atoms with Crippen molar-refractivity contribution in [2.75, 3.05) is 44.2 Å². The largest absolute Gasteiger partial charge is 0.444 e. The first-order valence-corrected chi connectivity index (χ1v) is 24.1. The highest BCUT2D eigenvalue weighted by Gasteiger charge is 2.52. The predicted molar refractivity (Wildman–Crippen MR) is 270 cm³/mol. The minimum absolute atomic E-state index is 0.0839. The van der Waals surface area contributed by atoms with Crippen molar-refractivity contribution in [3.8, 4) is 23.0 Å². The summed E-state index contributed by atoms with van der Waals surface area (Å²) in [5.41, 5.74) is 8.72. The van der Waals surface area contributed by atoms with Gasteiger partial charge in [0.25, 0.3) is 11.1 Å². The fourth-order valence-electron chi connectivity index (χ4n) is 9.19. The summed E-state index contributed by atoms with van der Waals surface area (Å²) in [6.07, 6.45) is 8.26. The number of hydrogen-bond acceptors (Lipinski definition) is 13. The molecule has 1 amide bonds. The zero-order valence-corrected chi connectivity index (χ0v) is 41.5. The van der Waals surface area contributed by atoms with Crippen LogP contribution in [0, 0.1) is 31.3 Å². The highest BCUT2D eigenvalue weighted by atomic mass is 127. The maximum Gasteiger partial charge on any atom is 0.410 e. The molecular formula is C49H55IN14O4. The first-order valence-electron chi connectivity index (χ1n) is 23.1. The number of amides is 1. The van der Waals surface area contributed by atoms with Gasteiger partial charge >= 0.3 is 6.09 Å². The summed E-state index contributed by atoms with van der Waals surface area (Å²) < 4.78 is 9.97. The molecule has 0 atom stereocenters. The molecule has 68 heavy (non-hydrogen) atoms. The van der Waals surface area contributed by atoms with Crippen molar-refractivity contribution < 1.29 is 9.53 Å². The number of benzene rings is 2. The van der Waals surface area contributed by atoms with Crippen LogP contribution in [0.1, 0.15) is 69.2 Å². The van der Waals surface area contributed by atoms with Crippen molar-refractivity contribution in [1.82, 2.24) is 64.7 Å². The number of anilines is 1. The summed E-state index contributed by atoms with van der Waals surface area (Å²) >= 11 is 2.18. The summed E-state index contributed by atoms with van der Waals surface area (Å²) in [6.45, 7) is 19.0. The summed E-state index contributed by atoms with van der Waals surface area (Å²) in [5, 5.41) is 17.3. The molecule has 0 radical (unpaired) electrons. The van der Waals surface area contributed by atoms with Gasteiger partial charge in [-0.05, 0) is 145 Å². The van der Waals surface area contributed by atoms with Crippen LogP contribution in [0.3, 0.4) is 0 Å². The quantitative estimate of drug-likeness (QED) is 0.141. The number of aromatic nitrogens is 10. The number of aromatic amines is 2. The summed E-state index contributed by atoms with van der Waals surface area (Å²) in [5.74, 6) is 0.935. The molecule has 4 aliphatic rings. The Hall–Kier alpha value is -6.32. The molecule has 2 aliphatic heterocycles. The molecule has 2 saturated carbocycles. The summed E-state index contributed by atoms with van der Waals surface area (Å²) in [6, 6.07) is 15.4. The molecule has 6 aromatic heterocycles. The Kier molecular flexibility index (Phi) is 11.6. The minimum Gasteiger partial charge on any atom is -0.444 e. The van der Waals surface area contributed by atoms with Gasteiger partial charge in [0, 0.05) is 54.1 Å². The third-order valence-electron chi connectivity index (χ3n) is 12.9. The van der Waals surface area contributed by atoms with E-state index in [1.165, 1.54) is 12.8 Å². The van der Waals surface area contributed by atoms with Crippen molar-refractivity contribution in [2.45, 2.75) is 90.8 Å². The van der Waals surface area contributed by atoms with Gasteiger partial charge in [0.2, 0.25) is 0 Å². The number of carbonyl (C=O) groups is 1. The standard InChI is InChI=1S/C22H23N7O.C16H12IN5O.C11H20N2O2/c1-13-11-29-19(14(2)24-13)10-18(27-29)20-25-17-4-3-15(9-16(17)21(30)26-20)28-8-7-23-22(12-28)5-6-22;1-8-7-22-14(9(2)18-8)6-13(21-22)15-19-12-4-3-10(17)5-11(12)16(23)20-15;1-10(2,3)15-9(14)13-7-6-12-8-11(13)4-5-11/h3-4,9-11,23H,5-8,12H2,1-2H3,(H,25,26,30);3-7H,1-2H3,(H,19,20,23);12H,4-8H2,1-3H3. The molecule has 12 rings (SSSR count).